The fraction of sp³-hybridized carbons (Fsp3) is 1.00. The quantitative estimate of drug-likeness (QED) is 0.745. The summed E-state index contributed by atoms with van der Waals surface area (Å²) in [5.74, 6) is 1.80. The average molecular weight is 277 g/mol. The standard InChI is InChI=1S/C19H35N/c1-6-20-16(14(2)3)10-19-9-15-7-17(4,12-19)11-18(5,8-15)13-19/h14-16,20H,6-13H2,1-5H3. The van der Waals surface area contributed by atoms with E-state index in [0.29, 0.717) is 16.2 Å². The van der Waals surface area contributed by atoms with E-state index in [-0.39, 0.29) is 0 Å². The van der Waals surface area contributed by atoms with Crippen LogP contribution in [0.5, 0.6) is 0 Å². The van der Waals surface area contributed by atoms with Crippen LogP contribution < -0.4 is 5.32 Å². The first-order valence-corrected chi connectivity index (χ1v) is 9.01. The van der Waals surface area contributed by atoms with Gasteiger partial charge in [0.1, 0.15) is 0 Å². The predicted octanol–water partition coefficient (Wildman–Crippen LogP) is 5.01. The van der Waals surface area contributed by atoms with Gasteiger partial charge >= 0.3 is 0 Å². The molecule has 0 aromatic heterocycles. The molecule has 1 heteroatoms. The molecule has 0 aromatic carbocycles. The fourth-order valence-electron chi connectivity index (χ4n) is 7.18. The average Bonchev–Trinajstić information content (AvgIpc) is 2.22. The highest BCUT2D eigenvalue weighted by atomic mass is 14.9. The van der Waals surface area contributed by atoms with Gasteiger partial charge in [0, 0.05) is 6.04 Å². The minimum absolute atomic E-state index is 0.667. The van der Waals surface area contributed by atoms with Gasteiger partial charge in [0.15, 0.2) is 0 Å². The smallest absolute Gasteiger partial charge is 0.00952 e. The minimum Gasteiger partial charge on any atom is -0.314 e. The number of hydrogen-bond donors (Lipinski definition) is 1. The first-order valence-electron chi connectivity index (χ1n) is 9.01. The molecular formula is C19H35N. The molecule has 0 aromatic rings. The second kappa shape index (κ2) is 4.73. The maximum atomic E-state index is 3.78. The van der Waals surface area contributed by atoms with E-state index in [2.05, 4.69) is 39.9 Å². The van der Waals surface area contributed by atoms with Crippen molar-refractivity contribution in [2.24, 2.45) is 28.1 Å². The lowest BCUT2D eigenvalue weighted by atomic mass is 9.39. The van der Waals surface area contributed by atoms with Crippen LogP contribution in [0.15, 0.2) is 0 Å². The molecule has 0 spiro atoms. The third-order valence-electron chi connectivity index (χ3n) is 6.67. The summed E-state index contributed by atoms with van der Waals surface area (Å²) < 4.78 is 0. The first kappa shape index (κ1) is 14.9. The van der Waals surface area contributed by atoms with Crippen LogP contribution in [0.25, 0.3) is 0 Å². The van der Waals surface area contributed by atoms with Gasteiger partial charge in [-0.2, -0.15) is 0 Å². The Hall–Kier alpha value is -0.0400. The topological polar surface area (TPSA) is 12.0 Å². The Kier molecular flexibility index (Phi) is 3.52. The van der Waals surface area contributed by atoms with Gasteiger partial charge in [-0.3, -0.25) is 0 Å². The van der Waals surface area contributed by atoms with Gasteiger partial charge in [-0.25, -0.2) is 0 Å². The Labute approximate surface area is 126 Å². The highest BCUT2D eigenvalue weighted by Gasteiger charge is 2.60. The second-order valence-corrected chi connectivity index (χ2v) is 9.74. The van der Waals surface area contributed by atoms with Crippen LogP contribution in [0.3, 0.4) is 0 Å². The molecular weight excluding hydrogens is 242 g/mol. The van der Waals surface area contributed by atoms with Crippen molar-refractivity contribution in [1.82, 2.24) is 5.32 Å². The molecule has 0 radical (unpaired) electrons. The van der Waals surface area contributed by atoms with Crippen molar-refractivity contribution in [3.8, 4) is 0 Å². The van der Waals surface area contributed by atoms with Gasteiger partial charge < -0.3 is 5.32 Å². The van der Waals surface area contributed by atoms with Crippen LogP contribution in [0.2, 0.25) is 0 Å². The third-order valence-corrected chi connectivity index (χ3v) is 6.67. The van der Waals surface area contributed by atoms with Crippen LogP contribution in [-0.2, 0) is 0 Å². The maximum absolute atomic E-state index is 3.78. The molecule has 4 rings (SSSR count). The Balaban J connectivity index is 1.81. The summed E-state index contributed by atoms with van der Waals surface area (Å²) in [7, 11) is 0. The molecule has 3 atom stereocenters. The summed E-state index contributed by atoms with van der Waals surface area (Å²) >= 11 is 0. The second-order valence-electron chi connectivity index (χ2n) is 9.74. The lowest BCUT2D eigenvalue weighted by molar-refractivity contribution is -0.151. The molecule has 0 amide bonds. The van der Waals surface area contributed by atoms with E-state index in [9.17, 15) is 0 Å². The number of nitrogens with one attached hydrogen (secondary N) is 1. The Morgan fingerprint density at radius 2 is 1.60 bits per heavy atom. The summed E-state index contributed by atoms with van der Waals surface area (Å²) in [6.45, 7) is 13.4. The molecule has 4 bridgehead atoms. The molecule has 0 heterocycles. The first-order chi connectivity index (χ1) is 9.27. The van der Waals surface area contributed by atoms with Crippen LogP contribution in [0.1, 0.15) is 79.6 Å². The molecule has 4 saturated carbocycles. The maximum Gasteiger partial charge on any atom is 0.00952 e. The zero-order chi connectivity index (χ0) is 14.6. The van der Waals surface area contributed by atoms with Crippen LogP contribution in [0.4, 0.5) is 0 Å². The van der Waals surface area contributed by atoms with Gasteiger partial charge in [0.2, 0.25) is 0 Å². The molecule has 20 heavy (non-hydrogen) atoms. The van der Waals surface area contributed by atoms with E-state index < -0.39 is 0 Å². The summed E-state index contributed by atoms with van der Waals surface area (Å²) in [5, 5.41) is 3.78. The van der Waals surface area contributed by atoms with E-state index >= 15 is 0 Å². The van der Waals surface area contributed by atoms with Crippen LogP contribution in [0, 0.1) is 28.1 Å². The molecule has 1 N–H and O–H groups in total. The summed E-state index contributed by atoms with van der Waals surface area (Å²) in [6, 6.07) is 0.725. The summed E-state index contributed by atoms with van der Waals surface area (Å²) in [4.78, 5) is 0. The Morgan fingerprint density at radius 3 is 2.05 bits per heavy atom. The lowest BCUT2D eigenvalue weighted by Crippen LogP contribution is -2.56. The van der Waals surface area contributed by atoms with Crippen LogP contribution in [-0.4, -0.2) is 12.6 Å². The van der Waals surface area contributed by atoms with Crippen molar-refractivity contribution in [3.63, 3.8) is 0 Å². The van der Waals surface area contributed by atoms with Crippen molar-refractivity contribution in [2.45, 2.75) is 85.6 Å². The fourth-order valence-corrected chi connectivity index (χ4v) is 7.18. The van der Waals surface area contributed by atoms with Gasteiger partial charge in [-0.1, -0.05) is 34.6 Å². The molecule has 3 unspecified atom stereocenters. The Bertz CT molecular complexity index is 354. The molecule has 0 saturated heterocycles. The number of hydrogen-bond acceptors (Lipinski definition) is 1. The van der Waals surface area contributed by atoms with Crippen molar-refractivity contribution in [1.29, 1.82) is 0 Å². The van der Waals surface area contributed by atoms with Gasteiger partial charge in [-0.05, 0) is 79.6 Å². The largest absolute Gasteiger partial charge is 0.314 e. The van der Waals surface area contributed by atoms with Crippen molar-refractivity contribution in [2.75, 3.05) is 6.54 Å². The molecule has 1 nitrogen and oxygen atoms in total. The van der Waals surface area contributed by atoms with E-state index in [1.807, 2.05) is 0 Å². The van der Waals surface area contributed by atoms with Crippen molar-refractivity contribution >= 4 is 0 Å². The third kappa shape index (κ3) is 2.56. The zero-order valence-corrected chi connectivity index (χ0v) is 14.4. The molecule has 0 aliphatic heterocycles. The normalized spacial score (nSPS) is 48.0. The Morgan fingerprint density at radius 1 is 1.00 bits per heavy atom. The number of rotatable bonds is 5. The lowest BCUT2D eigenvalue weighted by Gasteiger charge is -2.66. The highest BCUT2D eigenvalue weighted by Crippen LogP contribution is 2.70. The van der Waals surface area contributed by atoms with Gasteiger partial charge in [0.05, 0.1) is 0 Å². The molecule has 4 aliphatic rings. The molecule has 4 fully saturated rings. The summed E-state index contributed by atoms with van der Waals surface area (Å²) in [5.41, 5.74) is 2.00. The SMILES string of the molecule is CCNC(CC12CC3CC(C)(CC(C)(C3)C1)C2)C(C)C. The van der Waals surface area contributed by atoms with Gasteiger partial charge in [0.25, 0.3) is 0 Å². The van der Waals surface area contributed by atoms with Crippen LogP contribution >= 0.6 is 0 Å². The molecule has 4 aliphatic carbocycles. The minimum atomic E-state index is 0.667. The van der Waals surface area contributed by atoms with E-state index in [0.717, 1.165) is 24.4 Å². The summed E-state index contributed by atoms with van der Waals surface area (Å²) in [6.07, 6.45) is 10.6. The zero-order valence-electron chi connectivity index (χ0n) is 14.4. The van der Waals surface area contributed by atoms with E-state index in [1.165, 1.54) is 44.9 Å². The van der Waals surface area contributed by atoms with Crippen molar-refractivity contribution < 1.29 is 0 Å². The van der Waals surface area contributed by atoms with E-state index in [4.69, 9.17) is 0 Å². The molecule has 116 valence electrons. The van der Waals surface area contributed by atoms with Gasteiger partial charge in [-0.15, -0.1) is 0 Å². The van der Waals surface area contributed by atoms with Crippen molar-refractivity contribution in [3.05, 3.63) is 0 Å². The highest BCUT2D eigenvalue weighted by molar-refractivity contribution is 5.11. The predicted molar refractivity (Wildman–Crippen MR) is 86.8 cm³/mol. The van der Waals surface area contributed by atoms with E-state index in [1.54, 1.807) is 0 Å². The monoisotopic (exact) mass is 277 g/mol.